The molecule has 44 heavy (non-hydrogen) atoms. The number of aromatic nitrogens is 4. The van der Waals surface area contributed by atoms with Gasteiger partial charge in [0, 0.05) is 80.8 Å². The topological polar surface area (TPSA) is 88.7 Å². The zero-order valence-electron chi connectivity index (χ0n) is 26.1. The number of aryl methyl sites for hydroxylation is 2. The van der Waals surface area contributed by atoms with Crippen molar-refractivity contribution in [3.63, 3.8) is 0 Å². The van der Waals surface area contributed by atoms with Crippen LogP contribution in [0.4, 0.5) is 25.1 Å². The second kappa shape index (κ2) is 11.5. The van der Waals surface area contributed by atoms with Crippen molar-refractivity contribution in [1.29, 1.82) is 0 Å². The summed E-state index contributed by atoms with van der Waals surface area (Å²) < 4.78 is 38.5. The molecule has 0 bridgehead atoms. The van der Waals surface area contributed by atoms with Crippen LogP contribution < -0.4 is 4.90 Å². The zero-order chi connectivity index (χ0) is 31.3. The Morgan fingerprint density at radius 1 is 1.05 bits per heavy atom. The Balaban J connectivity index is 1.42. The summed E-state index contributed by atoms with van der Waals surface area (Å²) in [5.41, 5.74) is 4.20. The number of carbonyl (C=O) groups excluding carboxylic acids is 2. The molecule has 3 aromatic rings. The van der Waals surface area contributed by atoms with Gasteiger partial charge in [-0.3, -0.25) is 14.2 Å². The Kier molecular flexibility index (Phi) is 7.87. The monoisotopic (exact) mass is 609 g/mol. The van der Waals surface area contributed by atoms with Gasteiger partial charge in [-0.2, -0.15) is 10.2 Å². The average molecular weight is 610 g/mol. The van der Waals surface area contributed by atoms with Gasteiger partial charge < -0.3 is 19.4 Å². The van der Waals surface area contributed by atoms with Crippen molar-refractivity contribution in [2.24, 2.45) is 7.05 Å². The van der Waals surface area contributed by atoms with Gasteiger partial charge in [-0.1, -0.05) is 0 Å². The fourth-order valence-electron chi connectivity index (χ4n) is 6.71. The molecule has 1 aromatic carbocycles. The SMILES string of the molecule is CC(=O)N1CCC(n2nc(N3CCCc4cc(-c5cnn(C)c5)c(C(F)F)cc43)c3c2CCN(C(=O)OC(C)(C)C)C3)CC1. The number of nitrogens with zero attached hydrogens (tertiary/aromatic N) is 7. The lowest BCUT2D eigenvalue weighted by Crippen LogP contribution is -2.41. The Bertz CT molecular complexity index is 1570. The Morgan fingerprint density at radius 2 is 1.80 bits per heavy atom. The number of rotatable bonds is 4. The molecule has 6 rings (SSSR count). The number of hydrogen-bond donors (Lipinski definition) is 0. The molecule has 0 aliphatic carbocycles. The van der Waals surface area contributed by atoms with Gasteiger partial charge in [0.15, 0.2) is 5.82 Å². The maximum absolute atomic E-state index is 14.6. The molecule has 0 radical (unpaired) electrons. The molecule has 1 fully saturated rings. The van der Waals surface area contributed by atoms with E-state index in [1.54, 1.807) is 42.0 Å². The Labute approximate surface area is 256 Å². The minimum absolute atomic E-state index is 0.0380. The van der Waals surface area contributed by atoms with Gasteiger partial charge >= 0.3 is 6.09 Å². The van der Waals surface area contributed by atoms with E-state index in [0.29, 0.717) is 56.1 Å². The normalized spacial score (nSPS) is 17.6. The number of carbonyl (C=O) groups is 2. The predicted octanol–water partition coefficient (Wildman–Crippen LogP) is 5.78. The summed E-state index contributed by atoms with van der Waals surface area (Å²) in [7, 11) is 1.77. The molecule has 0 atom stereocenters. The standard InChI is InChI=1S/C32H41F2N7O3/c1-20(42)38-12-8-23(9-13-38)41-27-10-14-39(31(43)44-32(2,3)4)19-26(27)30(36-41)40-11-6-7-21-15-24(22-17-35-37(5)18-22)25(29(33)34)16-28(21)40/h15-18,23,29H,6-14,19H2,1-5H3. The third kappa shape index (κ3) is 5.78. The minimum Gasteiger partial charge on any atom is -0.444 e. The highest BCUT2D eigenvalue weighted by atomic mass is 19.3. The van der Waals surface area contributed by atoms with Crippen molar-refractivity contribution in [2.75, 3.05) is 31.1 Å². The fraction of sp³-hybridized carbons (Fsp3) is 0.562. The molecule has 2 amide bonds. The van der Waals surface area contributed by atoms with Gasteiger partial charge in [-0.05, 0) is 69.7 Å². The molecule has 5 heterocycles. The number of fused-ring (bicyclic) bond motifs is 2. The zero-order valence-corrected chi connectivity index (χ0v) is 26.1. The number of halogens is 2. The van der Waals surface area contributed by atoms with Crippen LogP contribution in [0, 0.1) is 0 Å². The first kappa shape index (κ1) is 30.1. The number of likely N-dealkylation sites (tertiary alicyclic amines) is 1. The molecule has 0 N–H and O–H groups in total. The van der Waals surface area contributed by atoms with E-state index >= 15 is 0 Å². The number of alkyl halides is 2. The highest BCUT2D eigenvalue weighted by Gasteiger charge is 2.36. The van der Waals surface area contributed by atoms with E-state index in [-0.39, 0.29) is 23.6 Å². The molecule has 2 aromatic heterocycles. The summed E-state index contributed by atoms with van der Waals surface area (Å²) in [4.78, 5) is 30.8. The van der Waals surface area contributed by atoms with Crippen LogP contribution in [0.2, 0.25) is 0 Å². The fourth-order valence-corrected chi connectivity index (χ4v) is 6.71. The lowest BCUT2D eigenvalue weighted by Gasteiger charge is -2.34. The van der Waals surface area contributed by atoms with Crippen molar-refractivity contribution in [3.8, 4) is 11.1 Å². The molecule has 12 heteroatoms. The van der Waals surface area contributed by atoms with E-state index in [9.17, 15) is 18.4 Å². The van der Waals surface area contributed by atoms with Crippen LogP contribution in [0.25, 0.3) is 11.1 Å². The maximum Gasteiger partial charge on any atom is 0.410 e. The lowest BCUT2D eigenvalue weighted by atomic mass is 9.92. The molecule has 10 nitrogen and oxygen atoms in total. The van der Waals surface area contributed by atoms with Crippen molar-refractivity contribution in [2.45, 2.75) is 84.4 Å². The number of amides is 2. The van der Waals surface area contributed by atoms with Crippen molar-refractivity contribution >= 4 is 23.5 Å². The number of anilines is 2. The molecular weight excluding hydrogens is 568 g/mol. The van der Waals surface area contributed by atoms with Crippen LogP contribution in [0.3, 0.4) is 0 Å². The first-order chi connectivity index (χ1) is 20.9. The van der Waals surface area contributed by atoms with Crippen LogP contribution in [0.1, 0.15) is 81.8 Å². The van der Waals surface area contributed by atoms with Crippen LogP contribution in [0.5, 0.6) is 0 Å². The quantitative estimate of drug-likeness (QED) is 0.373. The van der Waals surface area contributed by atoms with E-state index in [4.69, 9.17) is 9.84 Å². The summed E-state index contributed by atoms with van der Waals surface area (Å²) >= 11 is 0. The number of piperidine rings is 1. The summed E-state index contributed by atoms with van der Waals surface area (Å²) in [5.74, 6) is 0.780. The van der Waals surface area contributed by atoms with Crippen LogP contribution in [-0.2, 0) is 36.0 Å². The van der Waals surface area contributed by atoms with Gasteiger partial charge in [0.1, 0.15) is 5.60 Å². The molecule has 1 saturated heterocycles. The second-order valence-electron chi connectivity index (χ2n) is 13.1. The molecule has 0 unspecified atom stereocenters. The largest absolute Gasteiger partial charge is 0.444 e. The maximum atomic E-state index is 14.6. The van der Waals surface area contributed by atoms with Crippen LogP contribution in [0.15, 0.2) is 24.5 Å². The second-order valence-corrected chi connectivity index (χ2v) is 13.1. The lowest BCUT2D eigenvalue weighted by molar-refractivity contribution is -0.130. The van der Waals surface area contributed by atoms with Gasteiger partial charge in [-0.15, -0.1) is 0 Å². The Hall–Kier alpha value is -3.96. The smallest absolute Gasteiger partial charge is 0.410 e. The van der Waals surface area contributed by atoms with E-state index in [1.165, 1.54) is 0 Å². The summed E-state index contributed by atoms with van der Waals surface area (Å²) in [5, 5.41) is 9.40. The third-order valence-electron chi connectivity index (χ3n) is 8.85. The average Bonchev–Trinajstić information content (AvgIpc) is 3.58. The molecule has 3 aliphatic rings. The molecular formula is C32H41F2N7O3. The van der Waals surface area contributed by atoms with Crippen molar-refractivity contribution < 1.29 is 23.1 Å². The summed E-state index contributed by atoms with van der Waals surface area (Å²) in [6.45, 7) is 9.92. The van der Waals surface area contributed by atoms with Gasteiger partial charge in [0.2, 0.25) is 5.91 Å². The highest BCUT2D eigenvalue weighted by molar-refractivity contribution is 5.77. The predicted molar refractivity (Wildman–Crippen MR) is 162 cm³/mol. The van der Waals surface area contributed by atoms with Crippen molar-refractivity contribution in [1.82, 2.24) is 29.4 Å². The molecule has 0 saturated carbocycles. The number of hydrogen-bond acceptors (Lipinski definition) is 6. The van der Waals surface area contributed by atoms with Crippen LogP contribution in [-0.4, -0.2) is 73.1 Å². The first-order valence-electron chi connectivity index (χ1n) is 15.4. The molecule has 3 aliphatic heterocycles. The minimum atomic E-state index is -2.67. The highest BCUT2D eigenvalue weighted by Crippen LogP contribution is 2.43. The van der Waals surface area contributed by atoms with E-state index in [0.717, 1.165) is 48.2 Å². The van der Waals surface area contributed by atoms with Gasteiger partial charge in [0.25, 0.3) is 6.43 Å². The summed E-state index contributed by atoms with van der Waals surface area (Å²) in [6.07, 6.45) is 4.10. The summed E-state index contributed by atoms with van der Waals surface area (Å²) in [6, 6.07) is 3.61. The number of ether oxygens (including phenoxy) is 1. The van der Waals surface area contributed by atoms with E-state index < -0.39 is 12.0 Å². The Morgan fingerprint density at radius 3 is 2.43 bits per heavy atom. The molecule has 236 valence electrons. The van der Waals surface area contributed by atoms with E-state index in [2.05, 4.69) is 14.7 Å². The third-order valence-corrected chi connectivity index (χ3v) is 8.85. The van der Waals surface area contributed by atoms with Gasteiger partial charge in [-0.25, -0.2) is 13.6 Å². The number of benzene rings is 1. The van der Waals surface area contributed by atoms with Crippen molar-refractivity contribution in [3.05, 3.63) is 46.9 Å². The molecule has 0 spiro atoms. The van der Waals surface area contributed by atoms with Gasteiger partial charge in [0.05, 0.1) is 18.8 Å². The first-order valence-corrected chi connectivity index (χ1v) is 15.4. The van der Waals surface area contributed by atoms with Crippen LogP contribution >= 0.6 is 0 Å². The van der Waals surface area contributed by atoms with E-state index in [1.807, 2.05) is 31.7 Å².